The highest BCUT2D eigenvalue weighted by Gasteiger charge is 2.31. The molecule has 1 aliphatic carbocycles. The molecule has 1 rings (SSSR count). The molecular weight excluding hydrogens is 196 g/mol. The average molecular weight is 214 g/mol. The number of carboxylic acid groups (broad SMARTS) is 1. The second-order valence-electron chi connectivity index (χ2n) is 4.07. The average Bonchev–Trinajstić information content (AvgIpc) is 2.65. The Balaban J connectivity index is 2.36. The quantitative estimate of drug-likeness (QED) is 0.618. The van der Waals surface area contributed by atoms with Gasteiger partial charge in [0.05, 0.1) is 12.0 Å². The highest BCUT2D eigenvalue weighted by atomic mass is 16.4. The van der Waals surface area contributed by atoms with Crippen molar-refractivity contribution in [1.29, 1.82) is 0 Å². The predicted octanol–water partition coefficient (Wildman–Crippen LogP) is 0.0932. The van der Waals surface area contributed by atoms with Crippen LogP contribution in [0.4, 0.5) is 0 Å². The van der Waals surface area contributed by atoms with Crippen LogP contribution in [0.3, 0.4) is 0 Å². The van der Waals surface area contributed by atoms with Gasteiger partial charge in [-0.25, -0.2) is 0 Å². The SMILES string of the molecule is CC[C@@H](N)C(=O)N[C@H]1CC[C@@H](C(=O)O)C1. The second kappa shape index (κ2) is 5.11. The molecule has 0 bridgehead atoms. The zero-order valence-corrected chi connectivity index (χ0v) is 8.90. The fourth-order valence-corrected chi connectivity index (χ4v) is 1.83. The first-order chi connectivity index (χ1) is 7.04. The van der Waals surface area contributed by atoms with E-state index in [1.165, 1.54) is 0 Å². The smallest absolute Gasteiger partial charge is 0.306 e. The summed E-state index contributed by atoms with van der Waals surface area (Å²) in [6.07, 6.45) is 2.50. The molecule has 0 aliphatic heterocycles. The number of hydrogen-bond acceptors (Lipinski definition) is 3. The Labute approximate surface area is 89.0 Å². The maximum atomic E-state index is 11.4. The number of carboxylic acids is 1. The van der Waals surface area contributed by atoms with E-state index in [0.29, 0.717) is 19.3 Å². The van der Waals surface area contributed by atoms with Gasteiger partial charge in [0, 0.05) is 6.04 Å². The van der Waals surface area contributed by atoms with Gasteiger partial charge in [-0.3, -0.25) is 9.59 Å². The van der Waals surface area contributed by atoms with Crippen LogP contribution >= 0.6 is 0 Å². The lowest BCUT2D eigenvalue weighted by atomic mass is 10.1. The third-order valence-electron chi connectivity index (χ3n) is 2.90. The topological polar surface area (TPSA) is 92.4 Å². The molecule has 1 fully saturated rings. The third kappa shape index (κ3) is 3.20. The molecule has 86 valence electrons. The molecular formula is C10H18N2O3. The minimum absolute atomic E-state index is 0.0174. The van der Waals surface area contributed by atoms with Gasteiger partial charge < -0.3 is 16.2 Å². The predicted molar refractivity (Wildman–Crippen MR) is 55.2 cm³/mol. The van der Waals surface area contributed by atoms with Crippen LogP contribution in [0.2, 0.25) is 0 Å². The molecule has 0 aromatic carbocycles. The monoisotopic (exact) mass is 214 g/mol. The van der Waals surface area contributed by atoms with E-state index < -0.39 is 12.0 Å². The first-order valence-corrected chi connectivity index (χ1v) is 5.33. The van der Waals surface area contributed by atoms with Crippen LogP contribution in [0.25, 0.3) is 0 Å². The fourth-order valence-electron chi connectivity index (χ4n) is 1.83. The summed E-state index contributed by atoms with van der Waals surface area (Å²) < 4.78 is 0. The van der Waals surface area contributed by atoms with Gasteiger partial charge in [0.2, 0.25) is 5.91 Å². The number of aliphatic carboxylic acids is 1. The summed E-state index contributed by atoms with van der Waals surface area (Å²) in [6, 6.07) is -0.495. The molecule has 4 N–H and O–H groups in total. The largest absolute Gasteiger partial charge is 0.481 e. The molecule has 0 unspecified atom stereocenters. The van der Waals surface area contributed by atoms with Crippen molar-refractivity contribution in [3.8, 4) is 0 Å². The molecule has 15 heavy (non-hydrogen) atoms. The maximum Gasteiger partial charge on any atom is 0.306 e. The van der Waals surface area contributed by atoms with Gasteiger partial charge in [0.15, 0.2) is 0 Å². The summed E-state index contributed by atoms with van der Waals surface area (Å²) in [7, 11) is 0. The lowest BCUT2D eigenvalue weighted by molar-refractivity contribution is -0.141. The number of rotatable bonds is 4. The minimum Gasteiger partial charge on any atom is -0.481 e. The Morgan fingerprint density at radius 2 is 2.20 bits per heavy atom. The van der Waals surface area contributed by atoms with Crippen molar-refractivity contribution >= 4 is 11.9 Å². The number of nitrogens with one attached hydrogen (secondary N) is 1. The van der Waals surface area contributed by atoms with Gasteiger partial charge in [0.1, 0.15) is 0 Å². The molecule has 5 nitrogen and oxygen atoms in total. The summed E-state index contributed by atoms with van der Waals surface area (Å²) in [5, 5.41) is 11.6. The van der Waals surface area contributed by atoms with Crippen LogP contribution < -0.4 is 11.1 Å². The molecule has 3 atom stereocenters. The first-order valence-electron chi connectivity index (χ1n) is 5.33. The molecule has 1 aliphatic rings. The van der Waals surface area contributed by atoms with E-state index >= 15 is 0 Å². The normalized spacial score (nSPS) is 27.3. The highest BCUT2D eigenvalue weighted by molar-refractivity contribution is 5.81. The zero-order chi connectivity index (χ0) is 11.4. The minimum atomic E-state index is -0.772. The van der Waals surface area contributed by atoms with Gasteiger partial charge in [-0.15, -0.1) is 0 Å². The lowest BCUT2D eigenvalue weighted by Crippen LogP contribution is -2.44. The van der Waals surface area contributed by atoms with E-state index in [4.69, 9.17) is 10.8 Å². The summed E-state index contributed by atoms with van der Waals surface area (Å²) in [4.78, 5) is 22.1. The van der Waals surface area contributed by atoms with E-state index in [1.807, 2.05) is 6.92 Å². The standard InChI is InChI=1S/C10H18N2O3/c1-2-8(11)9(13)12-7-4-3-6(5-7)10(14)15/h6-8H,2-5,11H2,1H3,(H,12,13)(H,14,15)/t6-,7+,8-/m1/s1. The third-order valence-corrected chi connectivity index (χ3v) is 2.90. The number of carbonyl (C=O) groups excluding carboxylic acids is 1. The summed E-state index contributed by atoms with van der Waals surface area (Å²) >= 11 is 0. The molecule has 0 spiro atoms. The maximum absolute atomic E-state index is 11.4. The van der Waals surface area contributed by atoms with Gasteiger partial charge >= 0.3 is 5.97 Å². The Morgan fingerprint density at radius 3 is 2.67 bits per heavy atom. The van der Waals surface area contributed by atoms with Crippen molar-refractivity contribution in [2.75, 3.05) is 0 Å². The van der Waals surface area contributed by atoms with E-state index in [1.54, 1.807) is 0 Å². The van der Waals surface area contributed by atoms with Crippen molar-refractivity contribution in [1.82, 2.24) is 5.32 Å². The number of hydrogen-bond donors (Lipinski definition) is 3. The van der Waals surface area contributed by atoms with Crippen LogP contribution in [0.5, 0.6) is 0 Å². The molecule has 1 amide bonds. The van der Waals surface area contributed by atoms with Gasteiger partial charge in [-0.2, -0.15) is 0 Å². The molecule has 0 aromatic heterocycles. The lowest BCUT2D eigenvalue weighted by Gasteiger charge is -2.15. The first kappa shape index (κ1) is 12.0. The highest BCUT2D eigenvalue weighted by Crippen LogP contribution is 2.25. The Bertz CT molecular complexity index is 255. The van der Waals surface area contributed by atoms with Crippen LogP contribution in [-0.4, -0.2) is 29.1 Å². The van der Waals surface area contributed by atoms with Gasteiger partial charge in [0.25, 0.3) is 0 Å². The van der Waals surface area contributed by atoms with Crippen LogP contribution in [-0.2, 0) is 9.59 Å². The van der Waals surface area contributed by atoms with Crippen molar-refractivity contribution in [2.45, 2.75) is 44.7 Å². The van der Waals surface area contributed by atoms with Crippen LogP contribution in [0.15, 0.2) is 0 Å². The molecule has 0 saturated heterocycles. The molecule has 5 heteroatoms. The van der Waals surface area contributed by atoms with Crippen LogP contribution in [0.1, 0.15) is 32.6 Å². The van der Waals surface area contributed by atoms with E-state index in [9.17, 15) is 9.59 Å². The summed E-state index contributed by atoms with van der Waals surface area (Å²) in [5.41, 5.74) is 5.56. The number of amides is 1. The number of nitrogens with two attached hydrogens (primary N) is 1. The zero-order valence-electron chi connectivity index (χ0n) is 8.90. The van der Waals surface area contributed by atoms with Gasteiger partial charge in [-0.1, -0.05) is 6.92 Å². The van der Waals surface area contributed by atoms with Crippen molar-refractivity contribution in [3.63, 3.8) is 0 Å². The van der Waals surface area contributed by atoms with Crippen LogP contribution in [0, 0.1) is 5.92 Å². The van der Waals surface area contributed by atoms with E-state index in [-0.39, 0.29) is 17.9 Å². The van der Waals surface area contributed by atoms with Gasteiger partial charge in [-0.05, 0) is 25.7 Å². The van der Waals surface area contributed by atoms with E-state index in [0.717, 1.165) is 6.42 Å². The Morgan fingerprint density at radius 1 is 1.53 bits per heavy atom. The van der Waals surface area contributed by atoms with Crippen molar-refractivity contribution < 1.29 is 14.7 Å². The van der Waals surface area contributed by atoms with Crippen molar-refractivity contribution in [2.24, 2.45) is 11.7 Å². The summed E-state index contributed by atoms with van der Waals surface area (Å²) in [6.45, 7) is 1.85. The number of carbonyl (C=O) groups is 2. The Kier molecular flexibility index (Phi) is 4.08. The molecule has 0 heterocycles. The fraction of sp³-hybridized carbons (Fsp3) is 0.800. The summed E-state index contributed by atoms with van der Waals surface area (Å²) in [5.74, 6) is -1.26. The molecule has 1 saturated carbocycles. The Hall–Kier alpha value is -1.10. The van der Waals surface area contributed by atoms with Crippen molar-refractivity contribution in [3.05, 3.63) is 0 Å². The molecule has 0 aromatic rings. The second-order valence-corrected chi connectivity index (χ2v) is 4.07. The molecule has 0 radical (unpaired) electrons. The van der Waals surface area contributed by atoms with E-state index in [2.05, 4.69) is 5.32 Å².